The molecule has 1 aromatic rings. The average molecular weight is 269 g/mol. The first-order valence-corrected chi connectivity index (χ1v) is 5.89. The molecule has 1 fully saturated rings. The van der Waals surface area contributed by atoms with Gasteiger partial charge in [-0.2, -0.15) is 0 Å². The molecular weight excluding hydrogens is 256 g/mol. The largest absolute Gasteiger partial charge is 0.455 e. The Hall–Kier alpha value is -1.98. The molecule has 0 bridgehead atoms. The van der Waals surface area contributed by atoms with Gasteiger partial charge in [0.1, 0.15) is 11.6 Å². The van der Waals surface area contributed by atoms with Crippen molar-refractivity contribution in [2.45, 2.75) is 13.3 Å². The molecule has 0 aliphatic heterocycles. The highest BCUT2D eigenvalue weighted by Gasteiger charge is 2.40. The van der Waals surface area contributed by atoms with Gasteiger partial charge in [-0.05, 0) is 24.5 Å². The van der Waals surface area contributed by atoms with Crippen LogP contribution < -0.4 is 5.32 Å². The SMILES string of the molecule is C[C@@H]1C[C@H]1C(=O)OCC(=O)Nc1cc(F)ccc1F. The van der Waals surface area contributed by atoms with Crippen molar-refractivity contribution in [1.82, 2.24) is 0 Å². The van der Waals surface area contributed by atoms with E-state index in [0.29, 0.717) is 0 Å². The minimum absolute atomic E-state index is 0.140. The number of ether oxygens (including phenoxy) is 1. The van der Waals surface area contributed by atoms with Crippen LogP contribution in [0.5, 0.6) is 0 Å². The summed E-state index contributed by atoms with van der Waals surface area (Å²) in [6.45, 7) is 1.41. The molecule has 0 aromatic heterocycles. The molecule has 4 nitrogen and oxygen atoms in total. The standard InChI is InChI=1S/C13H13F2NO3/c1-7-4-9(7)13(18)19-6-12(17)16-11-5-8(14)2-3-10(11)15/h2-3,5,7,9H,4,6H2,1H3,(H,16,17)/t7-,9-/m1/s1. The molecule has 1 amide bonds. The second-order valence-electron chi connectivity index (χ2n) is 4.60. The van der Waals surface area contributed by atoms with Crippen LogP contribution in [0, 0.1) is 23.5 Å². The lowest BCUT2D eigenvalue weighted by atomic mass is 10.3. The molecule has 0 spiro atoms. The van der Waals surface area contributed by atoms with Crippen LogP contribution in [0.2, 0.25) is 0 Å². The number of amides is 1. The first kappa shape index (κ1) is 13.5. The number of carbonyl (C=O) groups excluding carboxylic acids is 2. The summed E-state index contributed by atoms with van der Waals surface area (Å²) in [4.78, 5) is 22.8. The van der Waals surface area contributed by atoms with Crippen molar-refractivity contribution in [3.8, 4) is 0 Å². The fourth-order valence-corrected chi connectivity index (χ4v) is 1.67. The maximum Gasteiger partial charge on any atom is 0.309 e. The molecule has 1 N–H and O–H groups in total. The van der Waals surface area contributed by atoms with Gasteiger partial charge >= 0.3 is 5.97 Å². The van der Waals surface area contributed by atoms with Crippen molar-refractivity contribution in [1.29, 1.82) is 0 Å². The lowest BCUT2D eigenvalue weighted by Crippen LogP contribution is -2.22. The van der Waals surface area contributed by atoms with E-state index in [1.807, 2.05) is 6.92 Å². The molecule has 19 heavy (non-hydrogen) atoms. The fraction of sp³-hybridized carbons (Fsp3) is 0.385. The molecule has 102 valence electrons. The van der Waals surface area contributed by atoms with E-state index in [1.54, 1.807) is 0 Å². The molecule has 1 aromatic carbocycles. The zero-order valence-electron chi connectivity index (χ0n) is 10.3. The molecule has 2 rings (SSSR count). The van der Waals surface area contributed by atoms with Crippen molar-refractivity contribution in [3.63, 3.8) is 0 Å². The molecular formula is C13H13F2NO3. The number of benzene rings is 1. The van der Waals surface area contributed by atoms with E-state index in [0.717, 1.165) is 24.6 Å². The van der Waals surface area contributed by atoms with Gasteiger partial charge in [-0.25, -0.2) is 8.78 Å². The molecule has 6 heteroatoms. The lowest BCUT2D eigenvalue weighted by molar-refractivity contribution is -0.148. The molecule has 0 saturated heterocycles. The van der Waals surface area contributed by atoms with E-state index in [9.17, 15) is 18.4 Å². The Bertz CT molecular complexity index is 519. The minimum atomic E-state index is -0.753. The quantitative estimate of drug-likeness (QED) is 0.852. The highest BCUT2D eigenvalue weighted by atomic mass is 19.1. The summed E-state index contributed by atoms with van der Waals surface area (Å²) in [5.74, 6) is -2.40. The predicted octanol–water partition coefficient (Wildman–Crippen LogP) is 2.10. The molecule has 0 heterocycles. The van der Waals surface area contributed by atoms with Crippen molar-refractivity contribution < 1.29 is 23.1 Å². The first-order valence-electron chi connectivity index (χ1n) is 5.89. The second kappa shape index (κ2) is 5.34. The smallest absolute Gasteiger partial charge is 0.309 e. The summed E-state index contributed by atoms with van der Waals surface area (Å²) in [6, 6.07) is 2.71. The predicted molar refractivity (Wildman–Crippen MR) is 63.2 cm³/mol. The van der Waals surface area contributed by atoms with Crippen LogP contribution in [0.15, 0.2) is 18.2 Å². The Balaban J connectivity index is 1.84. The van der Waals surface area contributed by atoms with E-state index in [-0.39, 0.29) is 17.5 Å². The van der Waals surface area contributed by atoms with E-state index >= 15 is 0 Å². The van der Waals surface area contributed by atoms with Gasteiger partial charge in [-0.3, -0.25) is 9.59 Å². The summed E-state index contributed by atoms with van der Waals surface area (Å²) in [5.41, 5.74) is -0.277. The fourth-order valence-electron chi connectivity index (χ4n) is 1.67. The van der Waals surface area contributed by atoms with Gasteiger partial charge in [0, 0.05) is 6.07 Å². The maximum absolute atomic E-state index is 13.2. The molecule has 1 aliphatic rings. The Morgan fingerprint density at radius 1 is 1.42 bits per heavy atom. The summed E-state index contributed by atoms with van der Waals surface area (Å²) >= 11 is 0. The van der Waals surface area contributed by atoms with E-state index in [2.05, 4.69) is 5.32 Å². The zero-order chi connectivity index (χ0) is 14.0. The third-order valence-corrected chi connectivity index (χ3v) is 2.96. The summed E-state index contributed by atoms with van der Waals surface area (Å²) in [6.07, 6.45) is 0.763. The minimum Gasteiger partial charge on any atom is -0.455 e. The number of esters is 1. The van der Waals surface area contributed by atoms with Crippen LogP contribution in [0.4, 0.5) is 14.5 Å². The van der Waals surface area contributed by atoms with E-state index in [1.165, 1.54) is 0 Å². The number of nitrogens with one attached hydrogen (secondary N) is 1. The van der Waals surface area contributed by atoms with Crippen molar-refractivity contribution >= 4 is 17.6 Å². The van der Waals surface area contributed by atoms with Crippen LogP contribution in [-0.2, 0) is 14.3 Å². The Labute approximate surface area is 108 Å². The molecule has 0 radical (unpaired) electrons. The normalized spacial score (nSPS) is 20.8. The highest BCUT2D eigenvalue weighted by molar-refractivity contribution is 5.93. The molecule has 2 atom stereocenters. The number of hydrogen-bond donors (Lipinski definition) is 1. The summed E-state index contributed by atoms with van der Waals surface area (Å²) in [5, 5.41) is 2.15. The average Bonchev–Trinajstić information content (AvgIpc) is 3.08. The third kappa shape index (κ3) is 3.49. The van der Waals surface area contributed by atoms with E-state index < -0.39 is 30.1 Å². The van der Waals surface area contributed by atoms with Crippen molar-refractivity contribution in [2.24, 2.45) is 11.8 Å². The van der Waals surface area contributed by atoms with Crippen LogP contribution in [-0.4, -0.2) is 18.5 Å². The highest BCUT2D eigenvalue weighted by Crippen LogP contribution is 2.38. The maximum atomic E-state index is 13.2. The summed E-state index contributed by atoms with van der Waals surface area (Å²) < 4.78 is 30.9. The van der Waals surface area contributed by atoms with Gasteiger partial charge in [0.05, 0.1) is 11.6 Å². The molecule has 1 aliphatic carbocycles. The first-order chi connectivity index (χ1) is 8.97. The second-order valence-corrected chi connectivity index (χ2v) is 4.60. The number of halogens is 2. The summed E-state index contributed by atoms with van der Waals surface area (Å²) in [7, 11) is 0. The lowest BCUT2D eigenvalue weighted by Gasteiger charge is -2.07. The monoisotopic (exact) mass is 269 g/mol. The van der Waals surface area contributed by atoms with Gasteiger partial charge in [0.25, 0.3) is 5.91 Å². The number of carbonyl (C=O) groups is 2. The molecule has 0 unspecified atom stereocenters. The Morgan fingerprint density at radius 2 is 2.11 bits per heavy atom. The zero-order valence-corrected chi connectivity index (χ0v) is 10.3. The topological polar surface area (TPSA) is 55.4 Å². The van der Waals surface area contributed by atoms with Gasteiger partial charge in [0.2, 0.25) is 0 Å². The number of rotatable bonds is 4. The van der Waals surface area contributed by atoms with Crippen LogP contribution in [0.1, 0.15) is 13.3 Å². The van der Waals surface area contributed by atoms with Gasteiger partial charge in [0.15, 0.2) is 6.61 Å². The van der Waals surface area contributed by atoms with Crippen LogP contribution in [0.3, 0.4) is 0 Å². The van der Waals surface area contributed by atoms with Crippen LogP contribution >= 0.6 is 0 Å². The van der Waals surface area contributed by atoms with Crippen molar-refractivity contribution in [3.05, 3.63) is 29.8 Å². The molecule has 1 saturated carbocycles. The Morgan fingerprint density at radius 3 is 2.74 bits per heavy atom. The Kier molecular flexibility index (Phi) is 3.78. The third-order valence-electron chi connectivity index (χ3n) is 2.96. The van der Waals surface area contributed by atoms with Gasteiger partial charge < -0.3 is 10.1 Å². The number of hydrogen-bond acceptors (Lipinski definition) is 3. The van der Waals surface area contributed by atoms with Crippen LogP contribution in [0.25, 0.3) is 0 Å². The van der Waals surface area contributed by atoms with E-state index in [4.69, 9.17) is 4.74 Å². The van der Waals surface area contributed by atoms with Crippen molar-refractivity contribution in [2.75, 3.05) is 11.9 Å². The number of anilines is 1. The van der Waals surface area contributed by atoms with Gasteiger partial charge in [-0.1, -0.05) is 6.92 Å². The van der Waals surface area contributed by atoms with Gasteiger partial charge in [-0.15, -0.1) is 0 Å².